The molecule has 4 heteroatoms. The maximum Gasteiger partial charge on any atom is 0.279 e. The van der Waals surface area contributed by atoms with Crippen molar-refractivity contribution in [3.63, 3.8) is 0 Å². The third-order valence-electron chi connectivity index (χ3n) is 3.04. The van der Waals surface area contributed by atoms with E-state index in [9.17, 15) is 4.79 Å². The Bertz CT molecular complexity index is 590. The predicted octanol–water partition coefficient (Wildman–Crippen LogP) is 1.55. The van der Waals surface area contributed by atoms with Gasteiger partial charge >= 0.3 is 0 Å². The molecule has 0 saturated heterocycles. The lowest BCUT2D eigenvalue weighted by Gasteiger charge is -2.12. The van der Waals surface area contributed by atoms with E-state index in [1.165, 1.54) is 0 Å². The Morgan fingerprint density at radius 3 is 2.70 bits per heavy atom. The lowest BCUT2D eigenvalue weighted by molar-refractivity contribution is -0.886. The molecule has 106 valence electrons. The molecule has 1 amide bonds. The first kappa shape index (κ1) is 14.3. The number of benzene rings is 1. The average Bonchev–Trinajstić information content (AvgIpc) is 2.74. The Balaban J connectivity index is 1.84. The molecule has 1 heterocycles. The fourth-order valence-electron chi connectivity index (χ4n) is 2.14. The number of nitrogens with one attached hydrogen (secondary N) is 2. The van der Waals surface area contributed by atoms with Crippen molar-refractivity contribution in [1.82, 2.24) is 0 Å². The SMILES string of the molecule is Cc1cccc(NC(=O)C[NH+](C)Cc2ccc(C)o2)c1. The van der Waals surface area contributed by atoms with Crippen LogP contribution in [0.2, 0.25) is 0 Å². The van der Waals surface area contributed by atoms with Gasteiger partial charge in [0.25, 0.3) is 5.91 Å². The molecule has 2 N–H and O–H groups in total. The molecule has 4 nitrogen and oxygen atoms in total. The van der Waals surface area contributed by atoms with Crippen LogP contribution in [0.5, 0.6) is 0 Å². The fraction of sp³-hybridized carbons (Fsp3) is 0.312. The summed E-state index contributed by atoms with van der Waals surface area (Å²) in [7, 11) is 1.98. The van der Waals surface area contributed by atoms with E-state index < -0.39 is 0 Å². The summed E-state index contributed by atoms with van der Waals surface area (Å²) in [6, 6.07) is 11.7. The smallest absolute Gasteiger partial charge is 0.279 e. The molecule has 0 saturated carbocycles. The van der Waals surface area contributed by atoms with Crippen molar-refractivity contribution in [2.75, 3.05) is 18.9 Å². The van der Waals surface area contributed by atoms with Crippen molar-refractivity contribution in [3.8, 4) is 0 Å². The first-order chi connectivity index (χ1) is 9.52. The standard InChI is InChI=1S/C16H20N2O2/c1-12-5-4-6-14(9-12)17-16(19)11-18(3)10-15-8-7-13(2)20-15/h4-9H,10-11H2,1-3H3,(H,17,19)/p+1. The molecule has 0 aliphatic carbocycles. The number of carbonyl (C=O) groups is 1. The number of hydrogen-bond acceptors (Lipinski definition) is 2. The summed E-state index contributed by atoms with van der Waals surface area (Å²) in [6.45, 7) is 5.04. The van der Waals surface area contributed by atoms with E-state index in [0.29, 0.717) is 13.1 Å². The number of quaternary nitrogens is 1. The number of aryl methyl sites for hydroxylation is 2. The Kier molecular flexibility index (Phi) is 4.58. The second-order valence-corrected chi connectivity index (χ2v) is 5.24. The molecule has 0 radical (unpaired) electrons. The highest BCUT2D eigenvalue weighted by Crippen LogP contribution is 2.08. The lowest BCUT2D eigenvalue weighted by Crippen LogP contribution is -3.08. The fourth-order valence-corrected chi connectivity index (χ4v) is 2.14. The number of hydrogen-bond donors (Lipinski definition) is 2. The molecule has 1 atom stereocenters. The van der Waals surface area contributed by atoms with Crippen LogP contribution in [0, 0.1) is 13.8 Å². The average molecular weight is 273 g/mol. The van der Waals surface area contributed by atoms with Crippen molar-refractivity contribution in [1.29, 1.82) is 0 Å². The van der Waals surface area contributed by atoms with Crippen LogP contribution in [-0.2, 0) is 11.3 Å². The minimum Gasteiger partial charge on any atom is -0.460 e. The van der Waals surface area contributed by atoms with Crippen LogP contribution in [0.1, 0.15) is 17.1 Å². The van der Waals surface area contributed by atoms with Crippen LogP contribution in [0.3, 0.4) is 0 Å². The van der Waals surface area contributed by atoms with Crippen LogP contribution in [0.4, 0.5) is 5.69 Å². The summed E-state index contributed by atoms with van der Waals surface area (Å²) < 4.78 is 5.52. The van der Waals surface area contributed by atoms with Crippen molar-refractivity contribution < 1.29 is 14.1 Å². The minimum absolute atomic E-state index is 0.0105. The van der Waals surface area contributed by atoms with Crippen molar-refractivity contribution in [2.24, 2.45) is 0 Å². The number of carbonyl (C=O) groups excluding carboxylic acids is 1. The largest absolute Gasteiger partial charge is 0.460 e. The number of furan rings is 1. The minimum atomic E-state index is 0.0105. The third kappa shape index (κ3) is 4.24. The van der Waals surface area contributed by atoms with Crippen LogP contribution in [0.25, 0.3) is 0 Å². The highest BCUT2D eigenvalue weighted by molar-refractivity contribution is 5.91. The molecule has 20 heavy (non-hydrogen) atoms. The van der Waals surface area contributed by atoms with Gasteiger partial charge in [0.1, 0.15) is 12.3 Å². The summed E-state index contributed by atoms with van der Waals surface area (Å²) >= 11 is 0. The number of anilines is 1. The highest BCUT2D eigenvalue weighted by atomic mass is 16.3. The Morgan fingerprint density at radius 2 is 2.05 bits per heavy atom. The van der Waals surface area contributed by atoms with Crippen molar-refractivity contribution in [3.05, 3.63) is 53.5 Å². The van der Waals surface area contributed by atoms with E-state index in [0.717, 1.165) is 27.7 Å². The van der Waals surface area contributed by atoms with Crippen LogP contribution in [0.15, 0.2) is 40.8 Å². The topological polar surface area (TPSA) is 46.7 Å². The number of rotatable bonds is 5. The van der Waals surface area contributed by atoms with Gasteiger partial charge in [-0.15, -0.1) is 0 Å². The van der Waals surface area contributed by atoms with Gasteiger partial charge in [-0.25, -0.2) is 0 Å². The zero-order valence-corrected chi connectivity index (χ0v) is 12.2. The summed E-state index contributed by atoms with van der Waals surface area (Å²) in [4.78, 5) is 13.1. The monoisotopic (exact) mass is 273 g/mol. The van der Waals surface area contributed by atoms with Gasteiger partial charge in [0, 0.05) is 5.69 Å². The van der Waals surface area contributed by atoms with E-state index in [1.807, 2.05) is 57.3 Å². The molecule has 1 unspecified atom stereocenters. The summed E-state index contributed by atoms with van der Waals surface area (Å²) in [5.74, 6) is 1.82. The molecule has 0 fully saturated rings. The zero-order chi connectivity index (χ0) is 14.5. The predicted molar refractivity (Wildman–Crippen MR) is 78.7 cm³/mol. The first-order valence-corrected chi connectivity index (χ1v) is 6.76. The van der Waals surface area contributed by atoms with E-state index in [4.69, 9.17) is 4.42 Å². The zero-order valence-electron chi connectivity index (χ0n) is 12.2. The van der Waals surface area contributed by atoms with Gasteiger partial charge in [0.15, 0.2) is 12.3 Å². The van der Waals surface area contributed by atoms with E-state index >= 15 is 0 Å². The second kappa shape index (κ2) is 6.39. The normalized spacial score (nSPS) is 12.2. The number of amides is 1. The Morgan fingerprint density at radius 1 is 1.25 bits per heavy atom. The second-order valence-electron chi connectivity index (χ2n) is 5.24. The molecule has 2 rings (SSSR count). The maximum atomic E-state index is 12.0. The molecule has 0 aliphatic rings. The van der Waals surface area contributed by atoms with Gasteiger partial charge in [-0.3, -0.25) is 4.79 Å². The quantitative estimate of drug-likeness (QED) is 0.868. The van der Waals surface area contributed by atoms with Crippen LogP contribution in [-0.4, -0.2) is 19.5 Å². The van der Waals surface area contributed by atoms with Gasteiger partial charge in [-0.2, -0.15) is 0 Å². The maximum absolute atomic E-state index is 12.0. The van der Waals surface area contributed by atoms with Gasteiger partial charge in [-0.05, 0) is 43.7 Å². The molecular weight excluding hydrogens is 252 g/mol. The Labute approximate surface area is 119 Å². The summed E-state index contributed by atoms with van der Waals surface area (Å²) in [5, 5.41) is 2.91. The first-order valence-electron chi connectivity index (χ1n) is 6.76. The molecule has 2 aromatic rings. The van der Waals surface area contributed by atoms with Gasteiger partial charge in [-0.1, -0.05) is 12.1 Å². The molecular formula is C16H21N2O2+. The highest BCUT2D eigenvalue weighted by Gasteiger charge is 2.12. The molecule has 0 bridgehead atoms. The van der Waals surface area contributed by atoms with Crippen molar-refractivity contribution in [2.45, 2.75) is 20.4 Å². The molecule has 1 aromatic heterocycles. The van der Waals surface area contributed by atoms with E-state index in [2.05, 4.69) is 5.32 Å². The summed E-state index contributed by atoms with van der Waals surface area (Å²) in [6.07, 6.45) is 0. The van der Waals surface area contributed by atoms with E-state index in [-0.39, 0.29) is 5.91 Å². The van der Waals surface area contributed by atoms with Crippen molar-refractivity contribution >= 4 is 11.6 Å². The number of likely N-dealkylation sites (N-methyl/N-ethyl adjacent to an activating group) is 1. The lowest BCUT2D eigenvalue weighted by atomic mass is 10.2. The molecule has 1 aromatic carbocycles. The van der Waals surface area contributed by atoms with Gasteiger partial charge in [0.2, 0.25) is 0 Å². The van der Waals surface area contributed by atoms with Gasteiger partial charge < -0.3 is 14.6 Å². The molecule has 0 aliphatic heterocycles. The van der Waals surface area contributed by atoms with Gasteiger partial charge in [0.05, 0.1) is 7.05 Å². The summed E-state index contributed by atoms with van der Waals surface area (Å²) in [5.41, 5.74) is 1.98. The van der Waals surface area contributed by atoms with Crippen LogP contribution < -0.4 is 10.2 Å². The van der Waals surface area contributed by atoms with E-state index in [1.54, 1.807) is 0 Å². The Hall–Kier alpha value is -2.07. The molecule has 0 spiro atoms. The third-order valence-corrected chi connectivity index (χ3v) is 3.04. The van der Waals surface area contributed by atoms with Crippen LogP contribution >= 0.6 is 0 Å².